The molecule has 0 fully saturated rings. The van der Waals surface area contributed by atoms with Gasteiger partial charge in [-0.1, -0.05) is 33.8 Å². The third-order valence-electron chi connectivity index (χ3n) is 4.17. The Morgan fingerprint density at radius 2 is 2.08 bits per heavy atom. The van der Waals surface area contributed by atoms with Crippen molar-refractivity contribution in [2.75, 3.05) is 6.54 Å². The first kappa shape index (κ1) is 18.9. The highest BCUT2D eigenvalue weighted by molar-refractivity contribution is 5.73. The molecule has 2 heterocycles. The first-order valence-corrected chi connectivity index (χ1v) is 8.42. The number of hydrogen-bond acceptors (Lipinski definition) is 4. The molecule has 1 atom stereocenters. The molecular formula is C18H27N5O2. The lowest BCUT2D eigenvalue weighted by Gasteiger charge is -2.33. The van der Waals surface area contributed by atoms with Gasteiger partial charge < -0.3 is 15.7 Å². The Labute approximate surface area is 148 Å². The molecule has 0 bridgehead atoms. The Balaban J connectivity index is 1.80. The molecule has 0 spiro atoms. The van der Waals surface area contributed by atoms with E-state index in [0.717, 1.165) is 11.4 Å². The van der Waals surface area contributed by atoms with Gasteiger partial charge in [0.2, 0.25) is 0 Å². The molecular weight excluding hydrogens is 318 g/mol. The first-order valence-electron chi connectivity index (χ1n) is 8.42. The fourth-order valence-corrected chi connectivity index (χ4v) is 2.63. The van der Waals surface area contributed by atoms with Crippen LogP contribution in [0.5, 0.6) is 0 Å². The minimum absolute atomic E-state index is 0.139. The molecule has 2 aromatic rings. The second-order valence-electron chi connectivity index (χ2n) is 7.21. The van der Waals surface area contributed by atoms with E-state index in [4.69, 9.17) is 0 Å². The number of imidazole rings is 1. The van der Waals surface area contributed by atoms with E-state index in [1.165, 1.54) is 0 Å². The van der Waals surface area contributed by atoms with Crippen molar-refractivity contribution >= 4 is 6.03 Å². The lowest BCUT2D eigenvalue weighted by molar-refractivity contribution is 0.0151. The van der Waals surface area contributed by atoms with Gasteiger partial charge in [-0.05, 0) is 17.5 Å². The lowest BCUT2D eigenvalue weighted by Crippen LogP contribution is -2.46. The second-order valence-corrected chi connectivity index (χ2v) is 7.21. The maximum atomic E-state index is 12.0. The summed E-state index contributed by atoms with van der Waals surface area (Å²) in [5, 5.41) is 15.8. The molecule has 25 heavy (non-hydrogen) atoms. The van der Waals surface area contributed by atoms with Gasteiger partial charge in [-0.15, -0.1) is 0 Å². The third kappa shape index (κ3) is 5.29. The Hall–Kier alpha value is -2.41. The maximum Gasteiger partial charge on any atom is 0.315 e. The van der Waals surface area contributed by atoms with Crippen molar-refractivity contribution < 1.29 is 9.90 Å². The minimum atomic E-state index is -0.479. The lowest BCUT2D eigenvalue weighted by atomic mass is 9.81. The maximum absolute atomic E-state index is 12.0. The minimum Gasteiger partial charge on any atom is -0.392 e. The van der Waals surface area contributed by atoms with Gasteiger partial charge in [-0.3, -0.25) is 4.57 Å². The fraction of sp³-hybridized carbons (Fsp3) is 0.500. The molecule has 7 nitrogen and oxygen atoms in total. The van der Waals surface area contributed by atoms with Crippen LogP contribution >= 0.6 is 0 Å². The van der Waals surface area contributed by atoms with Crippen molar-refractivity contribution in [3.8, 4) is 5.82 Å². The van der Waals surface area contributed by atoms with Crippen molar-refractivity contribution in [1.29, 1.82) is 0 Å². The van der Waals surface area contributed by atoms with Crippen molar-refractivity contribution in [3.05, 3.63) is 42.6 Å². The summed E-state index contributed by atoms with van der Waals surface area (Å²) in [6.45, 7) is 8.60. The number of nitrogens with zero attached hydrogens (tertiary/aromatic N) is 3. The van der Waals surface area contributed by atoms with Gasteiger partial charge in [0.15, 0.2) is 0 Å². The molecule has 136 valence electrons. The van der Waals surface area contributed by atoms with E-state index < -0.39 is 6.10 Å². The number of aliphatic hydroxyl groups is 1. The number of amides is 2. The molecule has 0 aliphatic rings. The number of carbonyl (C=O) groups excluding carboxylic acids is 1. The molecule has 1 unspecified atom stereocenters. The summed E-state index contributed by atoms with van der Waals surface area (Å²) in [5.74, 6) is 0.912. The van der Waals surface area contributed by atoms with Crippen LogP contribution in [0.4, 0.5) is 4.79 Å². The van der Waals surface area contributed by atoms with E-state index in [0.29, 0.717) is 13.1 Å². The number of nitrogens with one attached hydrogen (secondary N) is 2. The smallest absolute Gasteiger partial charge is 0.315 e. The van der Waals surface area contributed by atoms with Gasteiger partial charge in [0, 0.05) is 37.1 Å². The summed E-state index contributed by atoms with van der Waals surface area (Å²) in [6.07, 6.45) is 6.44. The summed E-state index contributed by atoms with van der Waals surface area (Å²) in [6, 6.07) is 3.52. The Bertz CT molecular complexity index is 665. The highest BCUT2D eigenvalue weighted by atomic mass is 16.3. The summed E-state index contributed by atoms with van der Waals surface area (Å²) in [7, 11) is 0. The standard InChI is InChI=1S/C18H27N5O2/c1-13(2)16(24)18(3,4)11-22-17(25)21-10-14-5-6-15(20-9-14)23-8-7-19-12-23/h5-9,12-13,16,24H,10-11H2,1-4H3,(H2,21,22,25). The van der Waals surface area contributed by atoms with E-state index in [1.807, 2.05) is 50.6 Å². The zero-order valence-corrected chi connectivity index (χ0v) is 15.2. The summed E-state index contributed by atoms with van der Waals surface area (Å²) >= 11 is 0. The monoisotopic (exact) mass is 345 g/mol. The topological polar surface area (TPSA) is 92.1 Å². The van der Waals surface area contributed by atoms with Crippen molar-refractivity contribution in [2.45, 2.75) is 40.3 Å². The summed E-state index contributed by atoms with van der Waals surface area (Å²) < 4.78 is 1.81. The molecule has 0 saturated heterocycles. The van der Waals surface area contributed by atoms with Crippen LogP contribution < -0.4 is 10.6 Å². The number of aliphatic hydroxyl groups excluding tert-OH is 1. The molecule has 0 aliphatic carbocycles. The second kappa shape index (κ2) is 8.11. The summed E-state index contributed by atoms with van der Waals surface area (Å²) in [5.41, 5.74) is 0.514. The van der Waals surface area contributed by atoms with Crippen LogP contribution in [-0.4, -0.2) is 38.3 Å². The van der Waals surface area contributed by atoms with E-state index in [2.05, 4.69) is 20.6 Å². The van der Waals surface area contributed by atoms with Crippen molar-refractivity contribution in [1.82, 2.24) is 25.2 Å². The van der Waals surface area contributed by atoms with Crippen LogP contribution in [-0.2, 0) is 6.54 Å². The van der Waals surface area contributed by atoms with Crippen molar-refractivity contribution in [3.63, 3.8) is 0 Å². The Morgan fingerprint density at radius 1 is 1.32 bits per heavy atom. The SMILES string of the molecule is CC(C)C(O)C(C)(C)CNC(=O)NCc1ccc(-n2ccnc2)nc1. The number of aromatic nitrogens is 3. The van der Waals surface area contributed by atoms with Crippen LogP contribution in [0, 0.1) is 11.3 Å². The molecule has 2 rings (SSSR count). The van der Waals surface area contributed by atoms with Crippen LogP contribution in [0.25, 0.3) is 5.82 Å². The van der Waals surface area contributed by atoms with Crippen LogP contribution in [0.15, 0.2) is 37.1 Å². The highest BCUT2D eigenvalue weighted by Crippen LogP contribution is 2.24. The normalized spacial score (nSPS) is 12.9. The quantitative estimate of drug-likeness (QED) is 0.717. The van der Waals surface area contributed by atoms with Gasteiger partial charge in [0.1, 0.15) is 12.1 Å². The van der Waals surface area contributed by atoms with E-state index >= 15 is 0 Å². The average Bonchev–Trinajstić information content (AvgIpc) is 3.12. The molecule has 0 aromatic carbocycles. The molecule has 7 heteroatoms. The molecule has 0 radical (unpaired) electrons. The third-order valence-corrected chi connectivity index (χ3v) is 4.17. The van der Waals surface area contributed by atoms with Crippen molar-refractivity contribution in [2.24, 2.45) is 11.3 Å². The average molecular weight is 345 g/mol. The fourth-order valence-electron chi connectivity index (χ4n) is 2.63. The Kier molecular flexibility index (Phi) is 6.14. The number of pyridine rings is 1. The van der Waals surface area contributed by atoms with E-state index in [-0.39, 0.29) is 17.4 Å². The van der Waals surface area contributed by atoms with Crippen LogP contribution in [0.3, 0.4) is 0 Å². The zero-order chi connectivity index (χ0) is 18.4. The molecule has 2 aromatic heterocycles. The summed E-state index contributed by atoms with van der Waals surface area (Å²) in [4.78, 5) is 20.3. The number of carbonyl (C=O) groups is 1. The van der Waals surface area contributed by atoms with Crippen LogP contribution in [0.1, 0.15) is 33.3 Å². The van der Waals surface area contributed by atoms with Gasteiger partial charge in [-0.2, -0.15) is 0 Å². The first-order chi connectivity index (χ1) is 11.8. The highest BCUT2D eigenvalue weighted by Gasteiger charge is 2.30. The molecule has 0 aliphatic heterocycles. The van der Waals surface area contributed by atoms with Gasteiger partial charge in [0.25, 0.3) is 0 Å². The number of rotatable bonds is 7. The molecule has 0 saturated carbocycles. The van der Waals surface area contributed by atoms with Gasteiger partial charge in [0.05, 0.1) is 6.10 Å². The van der Waals surface area contributed by atoms with Gasteiger partial charge >= 0.3 is 6.03 Å². The Morgan fingerprint density at radius 3 is 2.64 bits per heavy atom. The number of urea groups is 1. The van der Waals surface area contributed by atoms with E-state index in [9.17, 15) is 9.90 Å². The molecule has 3 N–H and O–H groups in total. The predicted octanol–water partition coefficient (Wildman–Crippen LogP) is 2.11. The molecule has 2 amide bonds. The largest absolute Gasteiger partial charge is 0.392 e. The van der Waals surface area contributed by atoms with Crippen LogP contribution in [0.2, 0.25) is 0 Å². The van der Waals surface area contributed by atoms with Gasteiger partial charge in [-0.25, -0.2) is 14.8 Å². The van der Waals surface area contributed by atoms with E-state index in [1.54, 1.807) is 18.7 Å². The predicted molar refractivity (Wildman–Crippen MR) is 96.2 cm³/mol. The zero-order valence-electron chi connectivity index (χ0n) is 15.2. The number of hydrogen-bond donors (Lipinski definition) is 3.